The number of fused-ring (bicyclic) bond motifs is 7. The molecule has 10 atom stereocenters. The van der Waals surface area contributed by atoms with Gasteiger partial charge in [-0.1, -0.05) is 34.6 Å². The number of hydrogen-bond acceptors (Lipinski definition) is 5. The summed E-state index contributed by atoms with van der Waals surface area (Å²) >= 11 is 0. The number of Topliss-reactive ketones (excluding diaryl/α,β-unsaturated/α-hetero) is 1. The van der Waals surface area contributed by atoms with Gasteiger partial charge in [0.2, 0.25) is 0 Å². The number of rotatable bonds is 4. The van der Waals surface area contributed by atoms with Crippen molar-refractivity contribution in [2.45, 2.75) is 126 Å². The van der Waals surface area contributed by atoms with Crippen LogP contribution in [-0.2, 0) is 23.9 Å². The second-order valence-corrected chi connectivity index (χ2v) is 15.6. The predicted molar refractivity (Wildman–Crippen MR) is 147 cm³/mol. The van der Waals surface area contributed by atoms with E-state index in [1.165, 1.54) is 32.6 Å². The fourth-order valence-corrected chi connectivity index (χ4v) is 12.1. The van der Waals surface area contributed by atoms with Gasteiger partial charge in [-0.3, -0.25) is 14.4 Å². The third kappa shape index (κ3) is 3.79. The van der Waals surface area contributed by atoms with Crippen LogP contribution < -0.4 is 0 Å². The SMILES string of the molecule is CC(=O)OC[C@]12CC[C@@H](C(C)=O)[C@@H]1[C@H]1CC[C@H]3[C@@]4(C)CC[C@H](OC(C)=O)C(C)(C)[C@@H]4CC[C@@]3(C)[C@]1(C)CC2. The molecular formula is C33H52O5. The maximum atomic E-state index is 13.0. The monoisotopic (exact) mass is 528 g/mol. The summed E-state index contributed by atoms with van der Waals surface area (Å²) in [7, 11) is 0. The first-order valence-corrected chi connectivity index (χ1v) is 15.4. The molecule has 5 fully saturated rings. The van der Waals surface area contributed by atoms with Crippen LogP contribution in [0.3, 0.4) is 0 Å². The molecule has 5 heteroatoms. The number of ether oxygens (including phenoxy) is 2. The summed E-state index contributed by atoms with van der Waals surface area (Å²) in [4.78, 5) is 36.8. The molecule has 0 aromatic carbocycles. The molecule has 0 heterocycles. The Morgan fingerprint density at radius 2 is 1.42 bits per heavy atom. The normalized spacial score (nSPS) is 49.1. The Hall–Kier alpha value is -1.39. The van der Waals surface area contributed by atoms with E-state index in [4.69, 9.17) is 9.47 Å². The standard InChI is InChI=1S/C33H52O5/c1-20(34)23-11-16-33(19-37-21(2)35)18-17-31(7)24(28(23)33)9-10-26-30(6)14-13-27(38-22(3)36)29(4,5)25(30)12-15-32(26,31)8/h23-28H,9-19H2,1-8H3/t23-,24+,25-,26-,27-,28+,30-,31+,32+,33+/m0/s1. The van der Waals surface area contributed by atoms with Crippen molar-refractivity contribution in [3.05, 3.63) is 0 Å². The number of ketones is 1. The lowest BCUT2D eigenvalue weighted by atomic mass is 9.32. The molecule has 0 aliphatic heterocycles. The number of esters is 2. The fraction of sp³-hybridized carbons (Fsp3) is 0.909. The van der Waals surface area contributed by atoms with Crippen LogP contribution in [0.15, 0.2) is 0 Å². The van der Waals surface area contributed by atoms with Gasteiger partial charge in [-0.2, -0.15) is 0 Å². The molecule has 0 spiro atoms. The Kier molecular flexibility index (Phi) is 6.71. The smallest absolute Gasteiger partial charge is 0.302 e. The van der Waals surface area contributed by atoms with Crippen LogP contribution in [0, 0.1) is 56.7 Å². The summed E-state index contributed by atoms with van der Waals surface area (Å²) in [5.41, 5.74) is 0.532. The molecule has 0 aromatic rings. The van der Waals surface area contributed by atoms with Crippen LogP contribution in [0.5, 0.6) is 0 Å². The molecule has 5 nitrogen and oxygen atoms in total. The van der Waals surface area contributed by atoms with Crippen LogP contribution >= 0.6 is 0 Å². The van der Waals surface area contributed by atoms with Crippen molar-refractivity contribution in [3.8, 4) is 0 Å². The largest absolute Gasteiger partial charge is 0.465 e. The van der Waals surface area contributed by atoms with Gasteiger partial charge in [0.1, 0.15) is 11.9 Å². The Bertz CT molecular complexity index is 1000. The molecule has 38 heavy (non-hydrogen) atoms. The lowest BCUT2D eigenvalue weighted by Gasteiger charge is -2.73. The van der Waals surface area contributed by atoms with Crippen molar-refractivity contribution in [2.24, 2.45) is 56.7 Å². The van der Waals surface area contributed by atoms with Crippen LogP contribution in [0.25, 0.3) is 0 Å². The van der Waals surface area contributed by atoms with Gasteiger partial charge >= 0.3 is 11.9 Å². The minimum atomic E-state index is -0.202. The summed E-state index contributed by atoms with van der Waals surface area (Å²) in [5, 5.41) is 0. The molecule has 0 saturated heterocycles. The van der Waals surface area contributed by atoms with E-state index in [9.17, 15) is 14.4 Å². The van der Waals surface area contributed by atoms with E-state index in [1.807, 2.05) is 0 Å². The Labute approximate surface area is 230 Å². The molecular weight excluding hydrogens is 476 g/mol. The number of carbonyl (C=O) groups is 3. The second kappa shape index (κ2) is 9.06. The highest BCUT2D eigenvalue weighted by atomic mass is 16.5. The van der Waals surface area contributed by atoms with Gasteiger partial charge in [-0.05, 0) is 111 Å². The van der Waals surface area contributed by atoms with Crippen molar-refractivity contribution in [1.82, 2.24) is 0 Å². The van der Waals surface area contributed by atoms with Crippen molar-refractivity contribution >= 4 is 17.7 Å². The van der Waals surface area contributed by atoms with Crippen molar-refractivity contribution in [2.75, 3.05) is 6.61 Å². The molecule has 0 N–H and O–H groups in total. The van der Waals surface area contributed by atoms with E-state index < -0.39 is 0 Å². The lowest BCUT2D eigenvalue weighted by Crippen LogP contribution is -2.67. The zero-order valence-electron chi connectivity index (χ0n) is 25.3. The quantitative estimate of drug-likeness (QED) is 0.362. The van der Waals surface area contributed by atoms with Gasteiger partial charge in [-0.25, -0.2) is 0 Å². The van der Waals surface area contributed by atoms with E-state index in [0.717, 1.165) is 38.5 Å². The van der Waals surface area contributed by atoms with Gasteiger partial charge in [0.15, 0.2) is 0 Å². The highest BCUT2D eigenvalue weighted by Crippen LogP contribution is 2.77. The third-order valence-corrected chi connectivity index (χ3v) is 13.9. The first-order chi connectivity index (χ1) is 17.6. The molecule has 0 radical (unpaired) electrons. The maximum Gasteiger partial charge on any atom is 0.302 e. The molecule has 5 aliphatic carbocycles. The number of hydrogen-bond donors (Lipinski definition) is 0. The summed E-state index contributed by atoms with van der Waals surface area (Å²) in [5.74, 6) is 2.05. The second-order valence-electron chi connectivity index (χ2n) is 15.6. The van der Waals surface area contributed by atoms with Gasteiger partial charge in [0, 0.05) is 30.6 Å². The fourth-order valence-electron chi connectivity index (χ4n) is 12.1. The zero-order chi connectivity index (χ0) is 27.9. The van der Waals surface area contributed by atoms with Gasteiger partial charge in [-0.15, -0.1) is 0 Å². The predicted octanol–water partition coefficient (Wildman–Crippen LogP) is 7.15. The van der Waals surface area contributed by atoms with E-state index in [2.05, 4.69) is 34.6 Å². The van der Waals surface area contributed by atoms with Crippen LogP contribution in [0.2, 0.25) is 0 Å². The first-order valence-electron chi connectivity index (χ1n) is 15.4. The summed E-state index contributed by atoms with van der Waals surface area (Å²) in [6.07, 6.45) is 11.0. The van der Waals surface area contributed by atoms with Gasteiger partial charge < -0.3 is 9.47 Å². The highest BCUT2D eigenvalue weighted by Gasteiger charge is 2.71. The molecule has 0 aromatic heterocycles. The van der Waals surface area contributed by atoms with Crippen LogP contribution in [-0.4, -0.2) is 30.4 Å². The lowest BCUT2D eigenvalue weighted by molar-refractivity contribution is -0.252. The summed E-state index contributed by atoms with van der Waals surface area (Å²) in [6.45, 7) is 17.8. The van der Waals surface area contributed by atoms with E-state index >= 15 is 0 Å². The molecule has 5 saturated carbocycles. The van der Waals surface area contributed by atoms with E-state index in [-0.39, 0.29) is 51.0 Å². The first kappa shape index (κ1) is 28.1. The van der Waals surface area contributed by atoms with E-state index in [0.29, 0.717) is 36.1 Å². The molecule has 0 bridgehead atoms. The van der Waals surface area contributed by atoms with Crippen molar-refractivity contribution in [3.63, 3.8) is 0 Å². The summed E-state index contributed by atoms with van der Waals surface area (Å²) in [6, 6.07) is 0. The molecule has 214 valence electrons. The topological polar surface area (TPSA) is 69.7 Å². The Balaban J connectivity index is 1.49. The van der Waals surface area contributed by atoms with Crippen LogP contribution in [0.1, 0.15) is 120 Å². The maximum absolute atomic E-state index is 13.0. The third-order valence-electron chi connectivity index (χ3n) is 13.9. The van der Waals surface area contributed by atoms with Crippen LogP contribution in [0.4, 0.5) is 0 Å². The van der Waals surface area contributed by atoms with Crippen molar-refractivity contribution in [1.29, 1.82) is 0 Å². The molecule has 0 amide bonds. The average molecular weight is 529 g/mol. The number of carbonyl (C=O) groups excluding carboxylic acids is 3. The average Bonchev–Trinajstić information content (AvgIpc) is 3.20. The molecule has 0 unspecified atom stereocenters. The zero-order valence-corrected chi connectivity index (χ0v) is 25.3. The van der Waals surface area contributed by atoms with E-state index in [1.54, 1.807) is 13.8 Å². The molecule has 5 aliphatic rings. The summed E-state index contributed by atoms with van der Waals surface area (Å²) < 4.78 is 11.6. The van der Waals surface area contributed by atoms with Gasteiger partial charge in [0.05, 0.1) is 6.61 Å². The van der Waals surface area contributed by atoms with Gasteiger partial charge in [0.25, 0.3) is 0 Å². The molecule has 5 rings (SSSR count). The minimum absolute atomic E-state index is 0.000688. The highest BCUT2D eigenvalue weighted by molar-refractivity contribution is 5.79. The van der Waals surface area contributed by atoms with Crippen molar-refractivity contribution < 1.29 is 23.9 Å². The minimum Gasteiger partial charge on any atom is -0.465 e. The Morgan fingerprint density at radius 1 is 0.711 bits per heavy atom. The Morgan fingerprint density at radius 3 is 2.05 bits per heavy atom.